The molecule has 2 aromatic rings. The largest absolute Gasteiger partial charge is 0.472 e. The van der Waals surface area contributed by atoms with E-state index in [9.17, 15) is 4.79 Å². The van der Waals surface area contributed by atoms with Crippen molar-refractivity contribution in [2.75, 3.05) is 20.1 Å². The second-order valence-corrected chi connectivity index (χ2v) is 7.31. The first kappa shape index (κ1) is 20.1. The zero-order valence-electron chi connectivity index (χ0n) is 16.9. The predicted molar refractivity (Wildman–Crippen MR) is 110 cm³/mol. The fourth-order valence-electron chi connectivity index (χ4n) is 4.03. The van der Waals surface area contributed by atoms with Gasteiger partial charge in [-0.1, -0.05) is 12.2 Å². The maximum atomic E-state index is 13.2. The zero-order chi connectivity index (χ0) is 20.1. The summed E-state index contributed by atoms with van der Waals surface area (Å²) in [5, 5.41) is 4.69. The van der Waals surface area contributed by atoms with E-state index in [2.05, 4.69) is 30.1 Å². The first-order valence-corrected chi connectivity index (χ1v) is 9.89. The third kappa shape index (κ3) is 4.12. The number of carbonyl (C=O) groups excluding carboxylic acids is 1. The van der Waals surface area contributed by atoms with Gasteiger partial charge in [-0.25, -0.2) is 0 Å². The van der Waals surface area contributed by atoms with E-state index < -0.39 is 0 Å². The van der Waals surface area contributed by atoms with E-state index in [1.54, 1.807) is 17.4 Å². The average Bonchev–Trinajstić information content (AvgIpc) is 3.34. The minimum Gasteiger partial charge on any atom is -0.472 e. The smallest absolute Gasteiger partial charge is 0.274 e. The minimum atomic E-state index is -0.0377. The maximum absolute atomic E-state index is 13.2. The Balaban J connectivity index is 1.85. The fraction of sp³-hybridized carbons (Fsp3) is 0.455. The van der Waals surface area contributed by atoms with Crippen molar-refractivity contribution in [3.63, 3.8) is 0 Å². The second kappa shape index (κ2) is 9.06. The molecule has 0 aliphatic heterocycles. The van der Waals surface area contributed by atoms with Crippen LogP contribution in [0.15, 0.2) is 48.3 Å². The summed E-state index contributed by atoms with van der Waals surface area (Å²) in [5.74, 6) is -0.0377. The molecule has 0 aromatic carbocycles. The second-order valence-electron chi connectivity index (χ2n) is 7.31. The van der Waals surface area contributed by atoms with Crippen molar-refractivity contribution in [3.8, 4) is 0 Å². The molecule has 6 nitrogen and oxygen atoms in total. The number of fused-ring (bicyclic) bond motifs is 1. The Kier molecular flexibility index (Phi) is 6.52. The highest BCUT2D eigenvalue weighted by Gasteiger charge is 2.32. The van der Waals surface area contributed by atoms with Crippen molar-refractivity contribution in [3.05, 3.63) is 66.4 Å². The summed E-state index contributed by atoms with van der Waals surface area (Å²) in [7, 11) is 1.81. The summed E-state index contributed by atoms with van der Waals surface area (Å²) >= 11 is 0. The molecule has 150 valence electrons. The minimum absolute atomic E-state index is 0.0377. The molecule has 3 rings (SSSR count). The number of hydrogen-bond donors (Lipinski definition) is 0. The Labute approximate surface area is 167 Å². The molecule has 0 N–H and O–H groups in total. The molecule has 1 aliphatic carbocycles. The lowest BCUT2D eigenvalue weighted by Gasteiger charge is -2.33. The SMILES string of the molecule is C=CCN(CC=C)C1CCc2c(c(C(=O)N(C)Cc3ccoc3)nn2CC)C1. The summed E-state index contributed by atoms with van der Waals surface area (Å²) in [6.45, 7) is 12.8. The number of nitrogens with zero attached hydrogens (tertiary/aromatic N) is 4. The summed E-state index contributed by atoms with van der Waals surface area (Å²) in [4.78, 5) is 17.3. The van der Waals surface area contributed by atoms with E-state index in [1.807, 2.05) is 29.9 Å². The molecule has 28 heavy (non-hydrogen) atoms. The third-order valence-electron chi connectivity index (χ3n) is 5.41. The molecule has 0 spiro atoms. The summed E-state index contributed by atoms with van der Waals surface area (Å²) in [5.41, 5.74) is 3.86. The lowest BCUT2D eigenvalue weighted by Crippen LogP contribution is -2.40. The van der Waals surface area contributed by atoms with Crippen LogP contribution in [-0.2, 0) is 25.9 Å². The monoisotopic (exact) mass is 382 g/mol. The number of aromatic nitrogens is 2. The molecule has 0 saturated carbocycles. The van der Waals surface area contributed by atoms with Gasteiger partial charge in [0, 0.05) is 56.1 Å². The molecule has 1 amide bonds. The molecule has 0 bridgehead atoms. The molecule has 1 atom stereocenters. The Bertz CT molecular complexity index is 812. The molecule has 6 heteroatoms. The van der Waals surface area contributed by atoms with Crippen molar-refractivity contribution in [1.82, 2.24) is 19.6 Å². The summed E-state index contributed by atoms with van der Waals surface area (Å²) < 4.78 is 7.12. The Morgan fingerprint density at radius 1 is 1.39 bits per heavy atom. The van der Waals surface area contributed by atoms with Crippen LogP contribution in [0.25, 0.3) is 0 Å². The lowest BCUT2D eigenvalue weighted by molar-refractivity contribution is 0.0776. The van der Waals surface area contributed by atoms with Crippen molar-refractivity contribution < 1.29 is 9.21 Å². The summed E-state index contributed by atoms with van der Waals surface area (Å²) in [6, 6.07) is 2.24. The lowest BCUT2D eigenvalue weighted by atomic mass is 9.90. The molecule has 0 fully saturated rings. The molecule has 0 radical (unpaired) electrons. The van der Waals surface area contributed by atoms with Gasteiger partial charge in [0.15, 0.2) is 5.69 Å². The van der Waals surface area contributed by atoms with Crippen LogP contribution in [0.1, 0.15) is 40.7 Å². The van der Waals surface area contributed by atoms with Crippen LogP contribution in [0.2, 0.25) is 0 Å². The van der Waals surface area contributed by atoms with Crippen LogP contribution in [0.3, 0.4) is 0 Å². The topological polar surface area (TPSA) is 54.5 Å². The summed E-state index contributed by atoms with van der Waals surface area (Å²) in [6.07, 6.45) is 9.97. The first-order chi connectivity index (χ1) is 13.6. The molecule has 0 saturated heterocycles. The highest BCUT2D eigenvalue weighted by Crippen LogP contribution is 2.28. The van der Waals surface area contributed by atoms with Gasteiger partial charge in [0.1, 0.15) is 0 Å². The van der Waals surface area contributed by atoms with E-state index in [4.69, 9.17) is 4.42 Å². The van der Waals surface area contributed by atoms with E-state index in [0.29, 0.717) is 18.3 Å². The third-order valence-corrected chi connectivity index (χ3v) is 5.41. The van der Waals surface area contributed by atoms with Crippen LogP contribution in [-0.4, -0.2) is 51.7 Å². The Hall–Kier alpha value is -2.60. The van der Waals surface area contributed by atoms with Crippen molar-refractivity contribution in [2.45, 2.75) is 45.3 Å². The van der Waals surface area contributed by atoms with Crippen LogP contribution < -0.4 is 0 Å². The molecule has 2 aromatic heterocycles. The van der Waals surface area contributed by atoms with Gasteiger partial charge in [-0.05, 0) is 32.3 Å². The van der Waals surface area contributed by atoms with Gasteiger partial charge >= 0.3 is 0 Å². The molecule has 1 unspecified atom stereocenters. The normalized spacial score (nSPS) is 16.0. The average molecular weight is 383 g/mol. The van der Waals surface area contributed by atoms with E-state index in [1.165, 1.54) is 5.69 Å². The quantitative estimate of drug-likeness (QED) is 0.625. The number of amides is 1. The van der Waals surface area contributed by atoms with Crippen molar-refractivity contribution in [2.24, 2.45) is 0 Å². The van der Waals surface area contributed by atoms with Gasteiger partial charge in [-0.2, -0.15) is 5.10 Å². The first-order valence-electron chi connectivity index (χ1n) is 9.89. The molecular weight excluding hydrogens is 352 g/mol. The number of rotatable bonds is 9. The van der Waals surface area contributed by atoms with Crippen molar-refractivity contribution in [1.29, 1.82) is 0 Å². The number of carbonyl (C=O) groups is 1. The highest BCUT2D eigenvalue weighted by atomic mass is 16.3. The number of aryl methyl sites for hydroxylation is 1. The van der Waals surface area contributed by atoms with Crippen LogP contribution in [0, 0.1) is 0 Å². The standard InChI is InChI=1S/C22H30N4O2/c1-5-11-25(12-6-2)18-8-9-20-19(14-18)21(23-26(20)7-3)22(27)24(4)15-17-10-13-28-16-17/h5-6,10,13,16,18H,1-2,7-9,11-12,14-15H2,3-4H3. The highest BCUT2D eigenvalue weighted by molar-refractivity contribution is 5.94. The van der Waals surface area contributed by atoms with Gasteiger partial charge in [-0.3, -0.25) is 14.4 Å². The van der Waals surface area contributed by atoms with E-state index in [-0.39, 0.29) is 5.91 Å². The molecule has 1 aliphatic rings. The predicted octanol–water partition coefficient (Wildman–Crippen LogP) is 3.30. The Morgan fingerprint density at radius 3 is 2.75 bits per heavy atom. The number of hydrogen-bond acceptors (Lipinski definition) is 4. The Morgan fingerprint density at radius 2 is 2.14 bits per heavy atom. The molecular formula is C22H30N4O2. The molecule has 2 heterocycles. The van der Waals surface area contributed by atoms with E-state index >= 15 is 0 Å². The fourth-order valence-corrected chi connectivity index (χ4v) is 4.03. The van der Waals surface area contributed by atoms with Gasteiger partial charge in [0.2, 0.25) is 0 Å². The van der Waals surface area contributed by atoms with Gasteiger partial charge < -0.3 is 9.32 Å². The van der Waals surface area contributed by atoms with Crippen LogP contribution >= 0.6 is 0 Å². The number of furan rings is 1. The van der Waals surface area contributed by atoms with Crippen LogP contribution in [0.4, 0.5) is 0 Å². The van der Waals surface area contributed by atoms with Gasteiger partial charge in [0.05, 0.1) is 12.5 Å². The zero-order valence-corrected chi connectivity index (χ0v) is 16.9. The van der Waals surface area contributed by atoms with Gasteiger partial charge in [0.25, 0.3) is 5.91 Å². The van der Waals surface area contributed by atoms with Gasteiger partial charge in [-0.15, -0.1) is 13.2 Å². The van der Waals surface area contributed by atoms with Crippen LogP contribution in [0.5, 0.6) is 0 Å². The van der Waals surface area contributed by atoms with E-state index in [0.717, 1.165) is 50.0 Å². The van der Waals surface area contributed by atoms with Crippen molar-refractivity contribution >= 4 is 5.91 Å². The maximum Gasteiger partial charge on any atom is 0.274 e.